The molecule has 0 aliphatic rings. The SMILES string of the molecule is CSc1cccc(C(=O)C(C)Cl)c1SC. The second-order valence-corrected chi connectivity index (χ2v) is 5.34. The zero-order chi connectivity index (χ0) is 11.4. The lowest BCUT2D eigenvalue weighted by Gasteiger charge is -2.11. The molecule has 1 atom stereocenters. The van der Waals surface area contributed by atoms with Gasteiger partial charge in [-0.2, -0.15) is 0 Å². The van der Waals surface area contributed by atoms with E-state index in [1.54, 1.807) is 30.4 Å². The van der Waals surface area contributed by atoms with Crippen molar-refractivity contribution in [3.8, 4) is 0 Å². The number of carbonyl (C=O) groups is 1. The maximum absolute atomic E-state index is 11.8. The summed E-state index contributed by atoms with van der Waals surface area (Å²) in [6.45, 7) is 1.71. The first-order valence-corrected chi connectivity index (χ1v) is 7.39. The Labute approximate surface area is 104 Å². The highest BCUT2D eigenvalue weighted by Gasteiger charge is 2.17. The fraction of sp³-hybridized carbons (Fsp3) is 0.364. The van der Waals surface area contributed by atoms with Gasteiger partial charge >= 0.3 is 0 Å². The van der Waals surface area contributed by atoms with Gasteiger partial charge in [-0.1, -0.05) is 12.1 Å². The van der Waals surface area contributed by atoms with Crippen molar-refractivity contribution in [1.29, 1.82) is 0 Å². The van der Waals surface area contributed by atoms with Gasteiger partial charge in [-0.15, -0.1) is 35.1 Å². The maximum Gasteiger partial charge on any atom is 0.181 e. The van der Waals surface area contributed by atoms with Gasteiger partial charge in [-0.3, -0.25) is 4.79 Å². The molecule has 1 rings (SSSR count). The molecule has 0 heterocycles. The smallest absolute Gasteiger partial charge is 0.181 e. The molecule has 1 nitrogen and oxygen atoms in total. The number of halogens is 1. The number of rotatable bonds is 4. The van der Waals surface area contributed by atoms with E-state index in [1.165, 1.54) is 0 Å². The summed E-state index contributed by atoms with van der Waals surface area (Å²) in [7, 11) is 0. The number of hydrogen-bond donors (Lipinski definition) is 0. The lowest BCUT2D eigenvalue weighted by molar-refractivity contribution is 0.0988. The Hall–Kier alpha value is -0.120. The Morgan fingerprint density at radius 3 is 2.47 bits per heavy atom. The second-order valence-electron chi connectivity index (χ2n) is 3.02. The zero-order valence-electron chi connectivity index (χ0n) is 8.91. The minimum atomic E-state index is -0.465. The monoisotopic (exact) mass is 260 g/mol. The molecule has 0 aliphatic heterocycles. The van der Waals surface area contributed by atoms with E-state index in [2.05, 4.69) is 0 Å². The van der Waals surface area contributed by atoms with E-state index in [9.17, 15) is 4.79 Å². The lowest BCUT2D eigenvalue weighted by Crippen LogP contribution is -2.11. The Bertz CT molecular complexity index is 364. The summed E-state index contributed by atoms with van der Waals surface area (Å²) in [5.41, 5.74) is 0.733. The summed E-state index contributed by atoms with van der Waals surface area (Å²) in [6.07, 6.45) is 3.98. The molecule has 0 saturated heterocycles. The topological polar surface area (TPSA) is 17.1 Å². The highest BCUT2D eigenvalue weighted by molar-refractivity contribution is 8.01. The second kappa shape index (κ2) is 5.83. The van der Waals surface area contributed by atoms with Gasteiger partial charge in [0.05, 0.1) is 5.38 Å². The molecule has 0 saturated carbocycles. The van der Waals surface area contributed by atoms with Crippen molar-refractivity contribution in [2.45, 2.75) is 22.1 Å². The molecule has 0 radical (unpaired) electrons. The van der Waals surface area contributed by atoms with Crippen LogP contribution in [0.4, 0.5) is 0 Å². The predicted molar refractivity (Wildman–Crippen MR) is 69.6 cm³/mol. The van der Waals surface area contributed by atoms with Gasteiger partial charge < -0.3 is 0 Å². The number of carbonyl (C=O) groups excluding carboxylic acids is 1. The lowest BCUT2D eigenvalue weighted by atomic mass is 10.1. The summed E-state index contributed by atoms with van der Waals surface area (Å²) in [4.78, 5) is 14.0. The van der Waals surface area contributed by atoms with Crippen LogP contribution >= 0.6 is 35.1 Å². The Morgan fingerprint density at radius 2 is 2.00 bits per heavy atom. The van der Waals surface area contributed by atoms with Crippen molar-refractivity contribution >= 4 is 40.9 Å². The fourth-order valence-corrected chi connectivity index (χ4v) is 3.08. The van der Waals surface area contributed by atoms with Crippen molar-refractivity contribution < 1.29 is 4.79 Å². The molecule has 1 aromatic rings. The first kappa shape index (κ1) is 12.9. The normalized spacial score (nSPS) is 12.5. The van der Waals surface area contributed by atoms with Gasteiger partial charge in [-0.05, 0) is 25.5 Å². The van der Waals surface area contributed by atoms with Crippen LogP contribution in [0.5, 0.6) is 0 Å². The molecule has 0 aromatic heterocycles. The van der Waals surface area contributed by atoms with Crippen LogP contribution < -0.4 is 0 Å². The molecule has 4 heteroatoms. The highest BCUT2D eigenvalue weighted by atomic mass is 35.5. The summed E-state index contributed by atoms with van der Waals surface area (Å²) < 4.78 is 0. The van der Waals surface area contributed by atoms with Gasteiger partial charge in [0.25, 0.3) is 0 Å². The van der Waals surface area contributed by atoms with E-state index >= 15 is 0 Å². The van der Waals surface area contributed by atoms with Crippen molar-refractivity contribution in [3.63, 3.8) is 0 Å². The number of benzene rings is 1. The van der Waals surface area contributed by atoms with E-state index in [0.29, 0.717) is 0 Å². The molecule has 0 aliphatic carbocycles. The minimum absolute atomic E-state index is 0.00285. The van der Waals surface area contributed by atoms with Crippen LogP contribution in [0.2, 0.25) is 0 Å². The van der Waals surface area contributed by atoms with Gasteiger partial charge in [0.1, 0.15) is 0 Å². The van der Waals surface area contributed by atoms with E-state index in [1.807, 2.05) is 30.7 Å². The van der Waals surface area contributed by atoms with Crippen molar-refractivity contribution in [1.82, 2.24) is 0 Å². The highest BCUT2D eigenvalue weighted by Crippen LogP contribution is 2.32. The zero-order valence-corrected chi connectivity index (χ0v) is 11.3. The standard InChI is InChI=1S/C11H13ClOS2/c1-7(12)10(13)8-5-4-6-9(14-2)11(8)15-3/h4-7H,1-3H3. The molecule has 0 amide bonds. The van der Waals surface area contributed by atoms with Gasteiger partial charge in [0.15, 0.2) is 5.78 Å². The van der Waals surface area contributed by atoms with E-state index in [4.69, 9.17) is 11.6 Å². The molecule has 1 aromatic carbocycles. The summed E-state index contributed by atoms with van der Waals surface area (Å²) in [5, 5.41) is -0.465. The third kappa shape index (κ3) is 2.92. The van der Waals surface area contributed by atoms with Gasteiger partial charge in [-0.25, -0.2) is 0 Å². The van der Waals surface area contributed by atoms with Crippen LogP contribution in [0.3, 0.4) is 0 Å². The quantitative estimate of drug-likeness (QED) is 0.464. The summed E-state index contributed by atoms with van der Waals surface area (Å²) in [5.74, 6) is -0.00285. The van der Waals surface area contributed by atoms with Crippen molar-refractivity contribution in [2.75, 3.05) is 12.5 Å². The molecule has 0 bridgehead atoms. The molecular weight excluding hydrogens is 248 g/mol. The molecular formula is C11H13ClOS2. The Morgan fingerprint density at radius 1 is 1.33 bits per heavy atom. The number of hydrogen-bond acceptors (Lipinski definition) is 3. The van der Waals surface area contributed by atoms with E-state index < -0.39 is 5.38 Å². The summed E-state index contributed by atoms with van der Waals surface area (Å²) in [6, 6.07) is 5.76. The Kier molecular flexibility index (Phi) is 5.03. The molecule has 15 heavy (non-hydrogen) atoms. The van der Waals surface area contributed by atoms with Crippen LogP contribution in [0.15, 0.2) is 28.0 Å². The van der Waals surface area contributed by atoms with Gasteiger partial charge in [0.2, 0.25) is 0 Å². The van der Waals surface area contributed by atoms with Gasteiger partial charge in [0, 0.05) is 15.4 Å². The van der Waals surface area contributed by atoms with Crippen LogP contribution in [0.1, 0.15) is 17.3 Å². The average molecular weight is 261 g/mol. The van der Waals surface area contributed by atoms with Crippen LogP contribution in [-0.4, -0.2) is 23.7 Å². The average Bonchev–Trinajstić information content (AvgIpc) is 2.26. The fourth-order valence-electron chi connectivity index (χ4n) is 1.30. The molecule has 0 fully saturated rings. The number of alkyl halides is 1. The first-order valence-electron chi connectivity index (χ1n) is 4.51. The van der Waals surface area contributed by atoms with Crippen molar-refractivity contribution in [3.05, 3.63) is 23.8 Å². The molecule has 82 valence electrons. The third-order valence-corrected chi connectivity index (χ3v) is 3.99. The number of thioether (sulfide) groups is 2. The van der Waals surface area contributed by atoms with E-state index in [-0.39, 0.29) is 5.78 Å². The number of ketones is 1. The first-order chi connectivity index (χ1) is 7.11. The molecule has 0 N–H and O–H groups in total. The third-order valence-electron chi connectivity index (χ3n) is 2.03. The van der Waals surface area contributed by atoms with Crippen molar-refractivity contribution in [2.24, 2.45) is 0 Å². The molecule has 0 spiro atoms. The Balaban J connectivity index is 3.23. The minimum Gasteiger partial charge on any atom is -0.292 e. The van der Waals surface area contributed by atoms with Crippen LogP contribution in [-0.2, 0) is 0 Å². The van der Waals surface area contributed by atoms with Crippen LogP contribution in [0, 0.1) is 0 Å². The van der Waals surface area contributed by atoms with Crippen LogP contribution in [0.25, 0.3) is 0 Å². The predicted octanol–water partition coefficient (Wildman–Crippen LogP) is 3.94. The maximum atomic E-state index is 11.8. The number of Topliss-reactive ketones (excluding diaryl/α,β-unsaturated/α-hetero) is 1. The summed E-state index contributed by atoms with van der Waals surface area (Å²) >= 11 is 9.06. The largest absolute Gasteiger partial charge is 0.292 e. The molecule has 1 unspecified atom stereocenters. The van der Waals surface area contributed by atoms with E-state index in [0.717, 1.165) is 15.4 Å².